The molecule has 1 aromatic carbocycles. The molecule has 0 fully saturated rings. The second kappa shape index (κ2) is 6.17. The molecule has 0 radical (unpaired) electrons. The Balaban J connectivity index is 2.69. The van der Waals surface area contributed by atoms with Crippen LogP contribution in [-0.4, -0.2) is 0 Å². The molecule has 2 heteroatoms. The Morgan fingerprint density at radius 1 is 1.31 bits per heavy atom. The van der Waals surface area contributed by atoms with Crippen LogP contribution in [0.15, 0.2) is 24.3 Å². The van der Waals surface area contributed by atoms with Crippen molar-refractivity contribution >= 4 is 0 Å². The van der Waals surface area contributed by atoms with Gasteiger partial charge in [-0.05, 0) is 0 Å². The van der Waals surface area contributed by atoms with E-state index < -0.39 is 0 Å². The van der Waals surface area contributed by atoms with Crippen molar-refractivity contribution in [3.8, 4) is 0 Å². The summed E-state index contributed by atoms with van der Waals surface area (Å²) in [5.41, 5.74) is 2.87. The van der Waals surface area contributed by atoms with Gasteiger partial charge in [-0.25, -0.2) is 0 Å². The molecular weight excluding hydrogens is 373 g/mol. The molecular formula is C11H16AcN. The topological polar surface area (TPSA) is 12.0 Å². The third-order valence-electron chi connectivity index (χ3n) is 2.47. The van der Waals surface area contributed by atoms with E-state index in [1.54, 1.807) is 0 Å². The van der Waals surface area contributed by atoms with Gasteiger partial charge in [0.2, 0.25) is 0 Å². The Labute approximate surface area is 110 Å². The van der Waals surface area contributed by atoms with Crippen molar-refractivity contribution in [3.05, 3.63) is 35.4 Å². The molecule has 68 valence electrons. The summed E-state index contributed by atoms with van der Waals surface area (Å²) in [7, 11) is 0. The Bertz CT molecular complexity index is 243. The third kappa shape index (κ3) is 3.70. The van der Waals surface area contributed by atoms with Crippen LogP contribution in [0, 0.1) is 42.3 Å². The molecule has 1 atom stereocenters. The SMILES string of the molecule is CCC(C)c1ccc(C[NH][Ac])cc1. The first-order valence-electron chi connectivity index (χ1n) is 4.80. The minimum atomic E-state index is 0.696. The van der Waals surface area contributed by atoms with Crippen LogP contribution in [0.2, 0.25) is 0 Å². The number of rotatable bonds is 4. The van der Waals surface area contributed by atoms with E-state index in [1.165, 1.54) is 17.5 Å². The zero-order valence-corrected chi connectivity index (χ0v) is 13.1. The molecule has 13 heavy (non-hydrogen) atoms. The Morgan fingerprint density at radius 3 is 2.38 bits per heavy atom. The summed E-state index contributed by atoms with van der Waals surface area (Å²) in [6.45, 7) is 5.56. The van der Waals surface area contributed by atoms with Crippen LogP contribution in [0.25, 0.3) is 0 Å². The van der Waals surface area contributed by atoms with Crippen molar-refractivity contribution in [1.29, 1.82) is 0 Å². The average molecular weight is 389 g/mol. The summed E-state index contributed by atoms with van der Waals surface area (Å²) in [6.07, 6.45) is 1.22. The van der Waals surface area contributed by atoms with Gasteiger partial charge in [0.05, 0.1) is 0 Å². The van der Waals surface area contributed by atoms with Gasteiger partial charge in [-0.1, -0.05) is 0 Å². The van der Waals surface area contributed by atoms with E-state index in [-0.39, 0.29) is 0 Å². The fourth-order valence-corrected chi connectivity index (χ4v) is 2.29. The predicted octanol–water partition coefficient (Wildman–Crippen LogP) is 2.75. The van der Waals surface area contributed by atoms with E-state index in [4.69, 9.17) is 0 Å². The van der Waals surface area contributed by atoms with Crippen LogP contribution in [0.3, 0.4) is 0 Å². The van der Waals surface area contributed by atoms with Crippen molar-refractivity contribution in [2.24, 2.45) is 0 Å². The molecule has 0 spiro atoms. The number of nitrogens with one attached hydrogen (secondary N) is 1. The summed E-state index contributed by atoms with van der Waals surface area (Å²) in [5, 5.41) is 0. The fourth-order valence-electron chi connectivity index (χ4n) is 1.32. The normalized spacial score (nSPS) is 12.9. The molecule has 1 N–H and O–H groups in total. The van der Waals surface area contributed by atoms with Crippen molar-refractivity contribution in [2.75, 3.05) is 0 Å². The third-order valence-corrected chi connectivity index (χ3v) is 3.31. The predicted molar refractivity (Wildman–Crippen MR) is 52.0 cm³/mol. The molecule has 0 heterocycles. The monoisotopic (exact) mass is 389 g/mol. The quantitative estimate of drug-likeness (QED) is 0.835. The molecule has 0 aromatic heterocycles. The van der Waals surface area contributed by atoms with E-state index in [0.717, 1.165) is 48.8 Å². The molecule has 0 aliphatic carbocycles. The molecule has 0 amide bonds. The first-order valence-corrected chi connectivity index (χ1v) is 7.17. The van der Waals surface area contributed by atoms with Gasteiger partial charge in [0.1, 0.15) is 0 Å². The summed E-state index contributed by atoms with van der Waals surface area (Å²) < 4.78 is 3.34. The van der Waals surface area contributed by atoms with Crippen LogP contribution in [-0.2, 0) is 6.54 Å². The van der Waals surface area contributed by atoms with Gasteiger partial charge in [-0.3, -0.25) is 0 Å². The second-order valence-corrected chi connectivity index (χ2v) is 5.11. The zero-order chi connectivity index (χ0) is 9.68. The first kappa shape index (κ1) is 11.7. The van der Waals surface area contributed by atoms with Gasteiger partial charge in [0.25, 0.3) is 0 Å². The molecule has 1 aromatic rings. The number of hydrogen-bond donors (Lipinski definition) is 1. The van der Waals surface area contributed by atoms with E-state index in [1.807, 2.05) is 0 Å². The molecule has 1 nitrogen and oxygen atoms in total. The van der Waals surface area contributed by atoms with Gasteiger partial charge in [-0.2, -0.15) is 0 Å². The molecule has 0 bridgehead atoms. The minimum absolute atomic E-state index is 0.696. The van der Waals surface area contributed by atoms with Gasteiger partial charge in [0.15, 0.2) is 0 Å². The van der Waals surface area contributed by atoms with E-state index in [0.29, 0.717) is 5.92 Å². The second-order valence-electron chi connectivity index (χ2n) is 3.43. The van der Waals surface area contributed by atoms with Gasteiger partial charge >= 0.3 is 111 Å². The summed E-state index contributed by atoms with van der Waals surface area (Å²) in [4.78, 5) is 0. The Kier molecular flexibility index (Phi) is 5.55. The molecule has 1 unspecified atom stereocenters. The van der Waals surface area contributed by atoms with E-state index in [2.05, 4.69) is 39.1 Å². The van der Waals surface area contributed by atoms with Gasteiger partial charge in [0, 0.05) is 0 Å². The molecule has 0 aliphatic heterocycles. The van der Waals surface area contributed by atoms with Crippen LogP contribution >= 0.6 is 0 Å². The first-order chi connectivity index (χ1) is 6.27. The van der Waals surface area contributed by atoms with Crippen molar-refractivity contribution in [1.82, 2.24) is 0.974 Å². The van der Waals surface area contributed by atoms with E-state index >= 15 is 0 Å². The molecule has 0 saturated heterocycles. The maximum atomic E-state index is 3.34. The fraction of sp³-hybridized carbons (Fsp3) is 0.455. The number of benzene rings is 1. The van der Waals surface area contributed by atoms with Crippen molar-refractivity contribution in [3.63, 3.8) is 0 Å². The molecule has 0 saturated carbocycles. The average Bonchev–Trinajstić information content (AvgIpc) is 2.18. The summed E-state index contributed by atoms with van der Waals surface area (Å²) in [5.74, 6) is 0.696. The van der Waals surface area contributed by atoms with E-state index in [9.17, 15) is 0 Å². The number of hydrogen-bond acceptors (Lipinski definition) is 1. The molecule has 1 rings (SSSR count). The standard InChI is InChI=1S/C11H16N.Ac/c1-3-9(2)11-6-4-10(8-12)5-7-11;/h4-7,9,12H,3,8H2,1-2H3;/q-1;+1. The summed E-state index contributed by atoms with van der Waals surface area (Å²) >= 11 is 0.744. The van der Waals surface area contributed by atoms with Crippen LogP contribution in [0.5, 0.6) is 0 Å². The van der Waals surface area contributed by atoms with Crippen LogP contribution in [0.4, 0.5) is 0 Å². The maximum absolute atomic E-state index is 3.34. The Hall–Kier alpha value is 0.622. The van der Waals surface area contributed by atoms with Crippen LogP contribution in [0.1, 0.15) is 37.3 Å². The van der Waals surface area contributed by atoms with Gasteiger partial charge in [-0.15, -0.1) is 0 Å². The summed E-state index contributed by atoms with van der Waals surface area (Å²) in [6, 6.07) is 8.99. The van der Waals surface area contributed by atoms with Gasteiger partial charge < -0.3 is 0 Å². The zero-order valence-electron chi connectivity index (χ0n) is 8.38. The van der Waals surface area contributed by atoms with Crippen molar-refractivity contribution < 1.29 is 42.3 Å². The van der Waals surface area contributed by atoms with Crippen molar-refractivity contribution in [2.45, 2.75) is 32.7 Å². The van der Waals surface area contributed by atoms with Crippen LogP contribution < -0.4 is 0.974 Å². The Morgan fingerprint density at radius 2 is 1.92 bits per heavy atom. The molecule has 0 aliphatic rings.